The number of aryl methyl sites for hydroxylation is 1. The molecule has 0 spiro atoms. The van der Waals surface area contributed by atoms with Gasteiger partial charge in [0.2, 0.25) is 0 Å². The Kier molecular flexibility index (Phi) is 7.50. The highest BCUT2D eigenvalue weighted by atomic mass is 16.6. The van der Waals surface area contributed by atoms with Gasteiger partial charge in [-0.3, -0.25) is 0 Å². The van der Waals surface area contributed by atoms with Gasteiger partial charge in [0, 0.05) is 25.7 Å². The number of ether oxygens (including phenoxy) is 2. The molecule has 1 aliphatic carbocycles. The lowest BCUT2D eigenvalue weighted by Gasteiger charge is -2.32. The third-order valence-corrected chi connectivity index (χ3v) is 5.47. The Morgan fingerprint density at radius 3 is 2.85 bits per heavy atom. The van der Waals surface area contributed by atoms with Crippen molar-refractivity contribution in [2.45, 2.75) is 57.3 Å². The molecular formula is C21H32N2O4. The van der Waals surface area contributed by atoms with Crippen molar-refractivity contribution in [1.29, 1.82) is 0 Å². The van der Waals surface area contributed by atoms with Crippen LogP contribution >= 0.6 is 0 Å². The summed E-state index contributed by atoms with van der Waals surface area (Å²) in [5.74, 6) is 0. The smallest absolute Gasteiger partial charge is 0.409 e. The van der Waals surface area contributed by atoms with Crippen molar-refractivity contribution in [3.63, 3.8) is 0 Å². The highest BCUT2D eigenvalue weighted by molar-refractivity contribution is 5.67. The van der Waals surface area contributed by atoms with Crippen LogP contribution in [-0.2, 0) is 15.9 Å². The molecule has 1 fully saturated rings. The largest absolute Gasteiger partial charge is 0.450 e. The number of piperidine rings is 1. The van der Waals surface area contributed by atoms with Crippen LogP contribution in [0.25, 0.3) is 0 Å². The van der Waals surface area contributed by atoms with E-state index in [1.165, 1.54) is 11.1 Å². The Bertz CT molecular complexity index is 602. The topological polar surface area (TPSA) is 71.0 Å². The maximum absolute atomic E-state index is 11.7. The summed E-state index contributed by atoms with van der Waals surface area (Å²) in [6, 6.07) is 8.77. The average Bonchev–Trinajstić information content (AvgIpc) is 2.71. The fourth-order valence-electron chi connectivity index (χ4n) is 3.95. The van der Waals surface area contributed by atoms with Crippen LogP contribution in [-0.4, -0.2) is 61.1 Å². The molecule has 1 aromatic rings. The predicted octanol–water partition coefficient (Wildman–Crippen LogP) is 2.65. The molecule has 2 aliphatic rings. The molecule has 150 valence electrons. The van der Waals surface area contributed by atoms with Gasteiger partial charge in [0.15, 0.2) is 0 Å². The number of carbonyl (C=O) groups excluding carboxylic acids is 1. The van der Waals surface area contributed by atoms with Gasteiger partial charge in [-0.05, 0) is 50.2 Å². The normalized spacial score (nSPS) is 21.6. The van der Waals surface area contributed by atoms with Gasteiger partial charge in [-0.2, -0.15) is 0 Å². The zero-order valence-corrected chi connectivity index (χ0v) is 16.2. The summed E-state index contributed by atoms with van der Waals surface area (Å²) in [6.45, 7) is 4.48. The van der Waals surface area contributed by atoms with Crippen molar-refractivity contribution in [2.75, 3.05) is 32.8 Å². The SMILES string of the molecule is CCOC(=O)N1CCC(NC[C@@H](O)CO[C@@H]2CCCc3ccccc32)CC1. The molecular weight excluding hydrogens is 344 g/mol. The van der Waals surface area contributed by atoms with Gasteiger partial charge >= 0.3 is 6.09 Å². The van der Waals surface area contributed by atoms with Crippen molar-refractivity contribution < 1.29 is 19.4 Å². The first-order chi connectivity index (χ1) is 13.2. The maximum atomic E-state index is 11.7. The van der Waals surface area contributed by atoms with Crippen LogP contribution in [0.1, 0.15) is 49.8 Å². The van der Waals surface area contributed by atoms with E-state index in [4.69, 9.17) is 9.47 Å². The number of hydrogen-bond acceptors (Lipinski definition) is 5. The van der Waals surface area contributed by atoms with Gasteiger partial charge in [0.1, 0.15) is 0 Å². The fourth-order valence-corrected chi connectivity index (χ4v) is 3.95. The molecule has 27 heavy (non-hydrogen) atoms. The molecule has 1 aliphatic heterocycles. The molecule has 2 atom stereocenters. The molecule has 0 bridgehead atoms. The Labute approximate surface area is 161 Å². The quantitative estimate of drug-likeness (QED) is 0.766. The van der Waals surface area contributed by atoms with Crippen LogP contribution in [0.15, 0.2) is 24.3 Å². The van der Waals surface area contributed by atoms with Crippen LogP contribution in [0.3, 0.4) is 0 Å². The van der Waals surface area contributed by atoms with E-state index < -0.39 is 6.10 Å². The first-order valence-corrected chi connectivity index (χ1v) is 10.2. The number of fused-ring (bicyclic) bond motifs is 1. The lowest BCUT2D eigenvalue weighted by molar-refractivity contribution is -0.0179. The Morgan fingerprint density at radius 2 is 2.07 bits per heavy atom. The third-order valence-electron chi connectivity index (χ3n) is 5.47. The average molecular weight is 376 g/mol. The van der Waals surface area contributed by atoms with E-state index in [2.05, 4.69) is 29.6 Å². The van der Waals surface area contributed by atoms with Crippen LogP contribution in [0.5, 0.6) is 0 Å². The van der Waals surface area contributed by atoms with Crippen LogP contribution in [0.2, 0.25) is 0 Å². The van der Waals surface area contributed by atoms with Gasteiger partial charge < -0.3 is 24.8 Å². The number of amides is 1. The molecule has 6 heteroatoms. The predicted molar refractivity (Wildman–Crippen MR) is 104 cm³/mol. The van der Waals surface area contributed by atoms with Crippen molar-refractivity contribution >= 4 is 6.09 Å². The monoisotopic (exact) mass is 376 g/mol. The van der Waals surface area contributed by atoms with Gasteiger partial charge in [0.25, 0.3) is 0 Å². The second kappa shape index (κ2) is 10.1. The Hall–Kier alpha value is -1.63. The summed E-state index contributed by atoms with van der Waals surface area (Å²) in [5, 5.41) is 13.7. The summed E-state index contributed by atoms with van der Waals surface area (Å²) in [4.78, 5) is 13.5. The molecule has 0 unspecified atom stereocenters. The molecule has 1 heterocycles. The number of carbonyl (C=O) groups is 1. The molecule has 0 radical (unpaired) electrons. The minimum Gasteiger partial charge on any atom is -0.450 e. The number of benzene rings is 1. The lowest BCUT2D eigenvalue weighted by atomic mass is 9.89. The first kappa shape index (κ1) is 20.1. The molecule has 3 rings (SSSR count). The Balaban J connectivity index is 1.35. The summed E-state index contributed by atoms with van der Waals surface area (Å²) in [5.41, 5.74) is 2.64. The number of hydrogen-bond donors (Lipinski definition) is 2. The van der Waals surface area contributed by atoms with E-state index in [0.717, 1.165) is 32.1 Å². The van der Waals surface area contributed by atoms with Gasteiger partial charge in [0.05, 0.1) is 25.4 Å². The molecule has 1 amide bonds. The summed E-state index contributed by atoms with van der Waals surface area (Å²) in [7, 11) is 0. The van der Waals surface area contributed by atoms with E-state index in [1.807, 2.05) is 6.92 Å². The number of aliphatic hydroxyl groups is 1. The molecule has 0 saturated carbocycles. The van der Waals surface area contributed by atoms with Crippen molar-refractivity contribution in [3.8, 4) is 0 Å². The zero-order chi connectivity index (χ0) is 19.1. The van der Waals surface area contributed by atoms with E-state index >= 15 is 0 Å². The van der Waals surface area contributed by atoms with E-state index in [-0.39, 0.29) is 12.2 Å². The minimum absolute atomic E-state index is 0.0948. The molecule has 0 aromatic heterocycles. The fraction of sp³-hybridized carbons (Fsp3) is 0.667. The lowest BCUT2D eigenvalue weighted by Crippen LogP contribution is -2.47. The summed E-state index contributed by atoms with van der Waals surface area (Å²) >= 11 is 0. The molecule has 1 aromatic carbocycles. The second-order valence-corrected chi connectivity index (χ2v) is 7.44. The molecule has 1 saturated heterocycles. The van der Waals surface area contributed by atoms with Gasteiger partial charge in [-0.1, -0.05) is 24.3 Å². The third kappa shape index (κ3) is 5.67. The van der Waals surface area contributed by atoms with Crippen LogP contribution < -0.4 is 5.32 Å². The van der Waals surface area contributed by atoms with Crippen LogP contribution in [0.4, 0.5) is 4.79 Å². The van der Waals surface area contributed by atoms with E-state index in [0.29, 0.717) is 38.9 Å². The first-order valence-electron chi connectivity index (χ1n) is 10.2. The standard InChI is InChI=1S/C21H32N2O4/c1-2-26-21(25)23-12-10-17(11-13-23)22-14-18(24)15-27-20-9-5-7-16-6-3-4-8-19(16)20/h3-4,6,8,17-18,20,22,24H,2,5,7,9-15H2,1H3/t18-,20-/m1/s1. The van der Waals surface area contributed by atoms with Crippen molar-refractivity contribution in [2.24, 2.45) is 0 Å². The maximum Gasteiger partial charge on any atom is 0.409 e. The van der Waals surface area contributed by atoms with Crippen molar-refractivity contribution in [3.05, 3.63) is 35.4 Å². The van der Waals surface area contributed by atoms with Gasteiger partial charge in [-0.25, -0.2) is 4.79 Å². The minimum atomic E-state index is -0.526. The second-order valence-electron chi connectivity index (χ2n) is 7.44. The number of nitrogens with one attached hydrogen (secondary N) is 1. The molecule has 6 nitrogen and oxygen atoms in total. The summed E-state index contributed by atoms with van der Waals surface area (Å²) in [6.07, 6.45) is 4.37. The van der Waals surface area contributed by atoms with Crippen LogP contribution in [0, 0.1) is 0 Å². The highest BCUT2D eigenvalue weighted by Gasteiger charge is 2.24. The number of rotatable bonds is 7. The number of nitrogens with zero attached hydrogens (tertiary/aromatic N) is 1. The zero-order valence-electron chi connectivity index (χ0n) is 16.2. The van der Waals surface area contributed by atoms with E-state index in [1.54, 1.807) is 4.90 Å². The highest BCUT2D eigenvalue weighted by Crippen LogP contribution is 2.32. The number of aliphatic hydroxyl groups excluding tert-OH is 1. The summed E-state index contributed by atoms with van der Waals surface area (Å²) < 4.78 is 11.1. The Morgan fingerprint density at radius 1 is 1.30 bits per heavy atom. The van der Waals surface area contributed by atoms with E-state index in [9.17, 15) is 9.90 Å². The van der Waals surface area contributed by atoms with Crippen molar-refractivity contribution in [1.82, 2.24) is 10.2 Å². The van der Waals surface area contributed by atoms with Gasteiger partial charge in [-0.15, -0.1) is 0 Å². The number of likely N-dealkylation sites (tertiary alicyclic amines) is 1. The molecule has 2 N–H and O–H groups in total.